The Hall–Kier alpha value is -3.37. The summed E-state index contributed by atoms with van der Waals surface area (Å²) in [6.07, 6.45) is 1.63. The van der Waals surface area contributed by atoms with Gasteiger partial charge in [-0.05, 0) is 25.1 Å². The van der Waals surface area contributed by atoms with Crippen LogP contribution in [-0.4, -0.2) is 70.6 Å². The van der Waals surface area contributed by atoms with Crippen molar-refractivity contribution >= 4 is 11.8 Å². The van der Waals surface area contributed by atoms with Crippen LogP contribution in [0.4, 0.5) is 0 Å². The van der Waals surface area contributed by atoms with Crippen LogP contribution in [0.3, 0.4) is 0 Å². The number of aromatic nitrogens is 1. The normalized spacial score (nSPS) is 18.7. The molecule has 0 aliphatic carbocycles. The van der Waals surface area contributed by atoms with Crippen molar-refractivity contribution in [3.63, 3.8) is 0 Å². The van der Waals surface area contributed by atoms with Gasteiger partial charge in [-0.3, -0.25) is 9.59 Å². The maximum atomic E-state index is 13.4. The summed E-state index contributed by atoms with van der Waals surface area (Å²) >= 11 is 0. The molecule has 0 bridgehead atoms. The lowest BCUT2D eigenvalue weighted by atomic mass is 9.99. The maximum Gasteiger partial charge on any atom is 0.259 e. The van der Waals surface area contributed by atoms with Crippen molar-refractivity contribution in [2.75, 3.05) is 26.7 Å². The van der Waals surface area contributed by atoms with Crippen LogP contribution >= 0.6 is 0 Å². The molecule has 3 rings (SSSR count). The van der Waals surface area contributed by atoms with Crippen molar-refractivity contribution in [3.8, 4) is 17.7 Å². The largest absolute Gasteiger partial charge is 0.472 e. The Bertz CT molecular complexity index is 1040. The molecule has 0 spiro atoms. The minimum atomic E-state index is -0.374. The second kappa shape index (κ2) is 11.0. The second-order valence-electron chi connectivity index (χ2n) is 8.44. The molecule has 1 aromatic carbocycles. The maximum absolute atomic E-state index is 13.4. The van der Waals surface area contributed by atoms with E-state index in [1.54, 1.807) is 36.0 Å². The number of carbonyl (C=O) groups is 2. The molecule has 0 unspecified atom stereocenters. The molecule has 7 heteroatoms. The highest BCUT2D eigenvalue weighted by Gasteiger charge is 2.34. The summed E-state index contributed by atoms with van der Waals surface area (Å²) in [6.45, 7) is 6.21. The van der Waals surface area contributed by atoms with E-state index in [2.05, 4.69) is 16.8 Å². The van der Waals surface area contributed by atoms with Crippen molar-refractivity contribution in [1.82, 2.24) is 14.8 Å². The van der Waals surface area contributed by atoms with Crippen molar-refractivity contribution in [1.29, 1.82) is 0 Å². The molecule has 174 valence electrons. The van der Waals surface area contributed by atoms with Gasteiger partial charge in [0.25, 0.3) is 5.91 Å². The van der Waals surface area contributed by atoms with Crippen LogP contribution in [0.1, 0.15) is 48.7 Å². The van der Waals surface area contributed by atoms with Gasteiger partial charge in [0.05, 0.1) is 19.2 Å². The fraction of sp³-hybridized carbons (Fsp3) is 0.423. The molecule has 7 nitrogen and oxygen atoms in total. The van der Waals surface area contributed by atoms with Crippen molar-refractivity contribution in [2.45, 2.75) is 39.3 Å². The average Bonchev–Trinajstić information content (AvgIpc) is 2.84. The number of ether oxygens (including phenoxy) is 1. The zero-order chi connectivity index (χ0) is 24.0. The first kappa shape index (κ1) is 24.3. The molecule has 2 heterocycles. The topological polar surface area (TPSA) is 83.0 Å². The van der Waals surface area contributed by atoms with Gasteiger partial charge < -0.3 is 19.6 Å². The number of aliphatic hydroxyl groups is 1. The molecule has 3 atom stereocenters. The number of amides is 2. The third-order valence-electron chi connectivity index (χ3n) is 5.83. The van der Waals surface area contributed by atoms with Gasteiger partial charge in [-0.25, -0.2) is 4.98 Å². The number of fused-ring (bicyclic) bond motifs is 1. The Balaban J connectivity index is 1.98. The number of carbonyl (C=O) groups excluding carboxylic acids is 2. The van der Waals surface area contributed by atoms with Crippen LogP contribution in [0.15, 0.2) is 42.6 Å². The summed E-state index contributed by atoms with van der Waals surface area (Å²) in [6, 6.07) is 10.9. The van der Waals surface area contributed by atoms with E-state index in [9.17, 15) is 14.7 Å². The van der Waals surface area contributed by atoms with Gasteiger partial charge >= 0.3 is 0 Å². The van der Waals surface area contributed by atoms with Crippen molar-refractivity contribution < 1.29 is 19.4 Å². The zero-order valence-electron chi connectivity index (χ0n) is 19.6. The summed E-state index contributed by atoms with van der Waals surface area (Å²) < 4.78 is 6.20. The molecular formula is C26H31N3O4. The smallest absolute Gasteiger partial charge is 0.259 e. The van der Waals surface area contributed by atoms with Crippen molar-refractivity contribution in [2.24, 2.45) is 5.92 Å². The fourth-order valence-electron chi connectivity index (χ4n) is 3.70. The number of nitrogens with zero attached hydrogens (tertiary/aromatic N) is 3. The Morgan fingerprint density at radius 3 is 2.67 bits per heavy atom. The Labute approximate surface area is 195 Å². The minimum Gasteiger partial charge on any atom is -0.472 e. The van der Waals surface area contributed by atoms with Crippen LogP contribution < -0.4 is 4.74 Å². The number of hydrogen-bond acceptors (Lipinski definition) is 5. The van der Waals surface area contributed by atoms with E-state index in [0.717, 1.165) is 5.56 Å². The third-order valence-corrected chi connectivity index (χ3v) is 5.83. The van der Waals surface area contributed by atoms with E-state index in [0.29, 0.717) is 30.6 Å². The SMILES string of the molecule is CCC(=O)N(C)C[C@H]1Oc2ncc(C#Cc3ccccc3)cc2C(=O)N([C@H](C)CO)C[C@@H]1C. The second-order valence-corrected chi connectivity index (χ2v) is 8.44. The number of rotatable bonds is 5. The van der Waals surface area contributed by atoms with E-state index >= 15 is 0 Å². The molecule has 2 amide bonds. The Morgan fingerprint density at radius 1 is 1.30 bits per heavy atom. The molecule has 2 aromatic rings. The van der Waals surface area contributed by atoms with Crippen LogP contribution in [0.5, 0.6) is 5.88 Å². The average molecular weight is 450 g/mol. The first-order valence-electron chi connectivity index (χ1n) is 11.2. The first-order valence-corrected chi connectivity index (χ1v) is 11.2. The minimum absolute atomic E-state index is 0.0178. The standard InChI is InChI=1S/C26H31N3O4/c1-5-24(31)28(4)16-23-18(2)15-29(19(3)17-30)26(32)22-13-21(14-27-25(22)33-23)12-11-20-9-7-6-8-10-20/h6-10,13-14,18-19,23,30H,5,15-17H2,1-4H3/t18-,19+,23+/m0/s1. The monoisotopic (exact) mass is 449 g/mol. The van der Waals surface area contributed by atoms with Gasteiger partial charge in [-0.15, -0.1) is 0 Å². The molecule has 1 aliphatic heterocycles. The highest BCUT2D eigenvalue weighted by Crippen LogP contribution is 2.27. The molecule has 1 aromatic heterocycles. The fourth-order valence-corrected chi connectivity index (χ4v) is 3.70. The van der Waals surface area contributed by atoms with Gasteiger partial charge in [0.2, 0.25) is 11.8 Å². The predicted molar refractivity (Wildman–Crippen MR) is 126 cm³/mol. The van der Waals surface area contributed by atoms with Gasteiger partial charge in [-0.2, -0.15) is 0 Å². The lowest BCUT2D eigenvalue weighted by molar-refractivity contribution is -0.131. The summed E-state index contributed by atoms with van der Waals surface area (Å²) in [4.78, 5) is 33.3. The molecule has 1 aliphatic rings. The molecule has 0 saturated carbocycles. The highest BCUT2D eigenvalue weighted by molar-refractivity contribution is 5.97. The quantitative estimate of drug-likeness (QED) is 0.710. The predicted octanol–water partition coefficient (Wildman–Crippen LogP) is 2.57. The number of hydrogen-bond donors (Lipinski definition) is 1. The molecular weight excluding hydrogens is 418 g/mol. The third kappa shape index (κ3) is 5.91. The molecule has 0 radical (unpaired) electrons. The van der Waals surface area contributed by atoms with E-state index < -0.39 is 0 Å². The van der Waals surface area contributed by atoms with Crippen LogP contribution in [0.2, 0.25) is 0 Å². The highest BCUT2D eigenvalue weighted by atomic mass is 16.5. The van der Waals surface area contributed by atoms with Gasteiger partial charge in [-0.1, -0.05) is 43.9 Å². The Kier molecular flexibility index (Phi) is 8.07. The zero-order valence-corrected chi connectivity index (χ0v) is 19.6. The number of likely N-dealkylation sites (N-methyl/N-ethyl adjacent to an activating group) is 1. The molecule has 1 N–H and O–H groups in total. The van der Waals surface area contributed by atoms with Crippen LogP contribution in [-0.2, 0) is 4.79 Å². The molecule has 0 fully saturated rings. The summed E-state index contributed by atoms with van der Waals surface area (Å²) in [5, 5.41) is 9.77. The first-order chi connectivity index (χ1) is 15.8. The van der Waals surface area contributed by atoms with Gasteiger partial charge in [0.1, 0.15) is 11.7 Å². The van der Waals surface area contributed by atoms with Gasteiger partial charge in [0.15, 0.2) is 0 Å². The summed E-state index contributed by atoms with van der Waals surface area (Å²) in [5.41, 5.74) is 1.76. The van der Waals surface area contributed by atoms with E-state index in [-0.39, 0.29) is 42.4 Å². The number of aliphatic hydroxyl groups excluding tert-OH is 1. The van der Waals surface area contributed by atoms with Gasteiger partial charge in [0, 0.05) is 43.3 Å². The lowest BCUT2D eigenvalue weighted by Crippen LogP contribution is -2.50. The van der Waals surface area contributed by atoms with E-state index in [4.69, 9.17) is 4.74 Å². The summed E-state index contributed by atoms with van der Waals surface area (Å²) in [7, 11) is 1.75. The van der Waals surface area contributed by atoms with Crippen LogP contribution in [0, 0.1) is 17.8 Å². The molecule has 0 saturated heterocycles. The van der Waals surface area contributed by atoms with E-state index in [1.165, 1.54) is 0 Å². The van der Waals surface area contributed by atoms with Crippen LogP contribution in [0.25, 0.3) is 0 Å². The Morgan fingerprint density at radius 2 is 2.00 bits per heavy atom. The molecule has 33 heavy (non-hydrogen) atoms. The number of pyridine rings is 1. The lowest BCUT2D eigenvalue weighted by Gasteiger charge is -2.37. The van der Waals surface area contributed by atoms with E-state index in [1.807, 2.05) is 44.2 Å². The number of benzene rings is 1. The van der Waals surface area contributed by atoms with Crippen molar-refractivity contribution in [3.05, 3.63) is 59.3 Å². The summed E-state index contributed by atoms with van der Waals surface area (Å²) in [5.74, 6) is 6.03.